The molecule has 17 heavy (non-hydrogen) atoms. The number of allylic oxidation sites excluding steroid dienone is 2. The SMILES string of the molecule is CCOC(=O)[C@H](O)/C=C/C=C/c1ccccc1. The van der Waals surface area contributed by atoms with Gasteiger partial charge in [-0.1, -0.05) is 48.6 Å². The Balaban J connectivity index is 2.45. The minimum Gasteiger partial charge on any atom is -0.464 e. The molecular formula is C14H16O3. The van der Waals surface area contributed by atoms with Gasteiger partial charge in [0.05, 0.1) is 6.61 Å². The quantitative estimate of drug-likeness (QED) is 0.625. The summed E-state index contributed by atoms with van der Waals surface area (Å²) in [6, 6.07) is 9.75. The predicted octanol–water partition coefficient (Wildman–Crippen LogP) is 2.18. The van der Waals surface area contributed by atoms with Gasteiger partial charge in [0.1, 0.15) is 0 Å². The Hall–Kier alpha value is -1.87. The maximum Gasteiger partial charge on any atom is 0.339 e. The van der Waals surface area contributed by atoms with Gasteiger partial charge in [0.2, 0.25) is 0 Å². The van der Waals surface area contributed by atoms with Crippen molar-refractivity contribution in [2.75, 3.05) is 6.61 Å². The van der Waals surface area contributed by atoms with E-state index in [0.29, 0.717) is 0 Å². The molecule has 0 radical (unpaired) electrons. The van der Waals surface area contributed by atoms with Crippen molar-refractivity contribution in [1.29, 1.82) is 0 Å². The minimum absolute atomic E-state index is 0.267. The second-order valence-corrected chi connectivity index (χ2v) is 3.35. The molecule has 1 N–H and O–H groups in total. The summed E-state index contributed by atoms with van der Waals surface area (Å²) in [7, 11) is 0. The van der Waals surface area contributed by atoms with Crippen molar-refractivity contribution in [3.8, 4) is 0 Å². The van der Waals surface area contributed by atoms with Crippen molar-refractivity contribution in [2.24, 2.45) is 0 Å². The van der Waals surface area contributed by atoms with E-state index >= 15 is 0 Å². The molecule has 1 aromatic carbocycles. The van der Waals surface area contributed by atoms with Crippen molar-refractivity contribution in [3.05, 3.63) is 54.1 Å². The molecule has 0 fully saturated rings. The van der Waals surface area contributed by atoms with Crippen molar-refractivity contribution in [1.82, 2.24) is 0 Å². The largest absolute Gasteiger partial charge is 0.464 e. The van der Waals surface area contributed by atoms with Crippen LogP contribution in [0.4, 0.5) is 0 Å². The highest BCUT2D eigenvalue weighted by Gasteiger charge is 2.10. The molecular weight excluding hydrogens is 216 g/mol. The lowest BCUT2D eigenvalue weighted by Crippen LogP contribution is -2.20. The Morgan fingerprint density at radius 3 is 2.71 bits per heavy atom. The molecule has 0 amide bonds. The molecule has 90 valence electrons. The molecule has 0 bridgehead atoms. The zero-order valence-electron chi connectivity index (χ0n) is 9.74. The zero-order chi connectivity index (χ0) is 12.5. The molecule has 0 aromatic heterocycles. The summed E-state index contributed by atoms with van der Waals surface area (Å²) in [6.45, 7) is 1.97. The molecule has 3 nitrogen and oxygen atoms in total. The van der Waals surface area contributed by atoms with Crippen molar-refractivity contribution < 1.29 is 14.6 Å². The Morgan fingerprint density at radius 2 is 2.06 bits per heavy atom. The molecule has 0 aliphatic rings. The first-order valence-electron chi connectivity index (χ1n) is 5.48. The van der Waals surface area contributed by atoms with E-state index in [1.54, 1.807) is 19.1 Å². The van der Waals surface area contributed by atoms with E-state index in [4.69, 9.17) is 0 Å². The van der Waals surface area contributed by atoms with Gasteiger partial charge in [-0.05, 0) is 18.6 Å². The smallest absolute Gasteiger partial charge is 0.339 e. The summed E-state index contributed by atoms with van der Waals surface area (Å²) in [5.41, 5.74) is 1.06. The maximum absolute atomic E-state index is 11.1. The second kappa shape index (κ2) is 7.41. The monoisotopic (exact) mass is 232 g/mol. The average Bonchev–Trinajstić information content (AvgIpc) is 2.36. The highest BCUT2D eigenvalue weighted by molar-refractivity contribution is 5.76. The molecule has 3 heteroatoms. The van der Waals surface area contributed by atoms with Gasteiger partial charge in [-0.25, -0.2) is 4.79 Å². The van der Waals surface area contributed by atoms with Crippen LogP contribution in [-0.2, 0) is 9.53 Å². The van der Waals surface area contributed by atoms with Crippen LogP contribution in [0.5, 0.6) is 0 Å². The van der Waals surface area contributed by atoms with Crippen LogP contribution in [-0.4, -0.2) is 23.8 Å². The number of rotatable bonds is 5. The fourth-order valence-corrected chi connectivity index (χ4v) is 1.21. The summed E-state index contributed by atoms with van der Waals surface area (Å²) in [5, 5.41) is 9.35. The van der Waals surface area contributed by atoms with Gasteiger partial charge < -0.3 is 9.84 Å². The Bertz CT molecular complexity index is 393. The highest BCUT2D eigenvalue weighted by Crippen LogP contribution is 2.01. The third kappa shape index (κ3) is 5.13. The van der Waals surface area contributed by atoms with E-state index in [1.165, 1.54) is 6.08 Å². The van der Waals surface area contributed by atoms with Crippen LogP contribution in [0, 0.1) is 0 Å². The number of ether oxygens (including phenoxy) is 1. The zero-order valence-corrected chi connectivity index (χ0v) is 9.74. The number of esters is 1. The summed E-state index contributed by atoms with van der Waals surface area (Å²) in [5.74, 6) is -0.628. The van der Waals surface area contributed by atoms with Gasteiger partial charge in [-0.3, -0.25) is 0 Å². The molecule has 1 aromatic rings. The molecule has 0 unspecified atom stereocenters. The maximum atomic E-state index is 11.1. The Labute approximate surface area is 101 Å². The Morgan fingerprint density at radius 1 is 1.35 bits per heavy atom. The van der Waals surface area contributed by atoms with Gasteiger partial charge in [-0.15, -0.1) is 0 Å². The number of carbonyl (C=O) groups is 1. The minimum atomic E-state index is -1.20. The molecule has 0 saturated carbocycles. The number of benzene rings is 1. The number of carbonyl (C=O) groups excluding carboxylic acids is 1. The lowest BCUT2D eigenvalue weighted by Gasteiger charge is -2.03. The van der Waals surface area contributed by atoms with Crippen molar-refractivity contribution in [2.45, 2.75) is 13.0 Å². The highest BCUT2D eigenvalue weighted by atomic mass is 16.5. The molecule has 0 spiro atoms. The van der Waals surface area contributed by atoms with E-state index in [0.717, 1.165) is 5.56 Å². The second-order valence-electron chi connectivity index (χ2n) is 3.35. The van der Waals surface area contributed by atoms with Crippen LogP contribution in [0.25, 0.3) is 6.08 Å². The molecule has 1 atom stereocenters. The van der Waals surface area contributed by atoms with Crippen LogP contribution < -0.4 is 0 Å². The van der Waals surface area contributed by atoms with Gasteiger partial charge in [-0.2, -0.15) is 0 Å². The number of aliphatic hydroxyl groups is 1. The van der Waals surface area contributed by atoms with Gasteiger partial charge in [0.15, 0.2) is 6.10 Å². The van der Waals surface area contributed by atoms with Crippen molar-refractivity contribution >= 4 is 12.0 Å². The summed E-state index contributed by atoms with van der Waals surface area (Å²) >= 11 is 0. The molecule has 0 aliphatic heterocycles. The topological polar surface area (TPSA) is 46.5 Å². The summed E-state index contributed by atoms with van der Waals surface area (Å²) in [4.78, 5) is 11.1. The van der Waals surface area contributed by atoms with E-state index in [9.17, 15) is 9.90 Å². The normalized spacial score (nSPS) is 13.1. The van der Waals surface area contributed by atoms with Crippen LogP contribution in [0.15, 0.2) is 48.6 Å². The van der Waals surface area contributed by atoms with Gasteiger partial charge >= 0.3 is 5.97 Å². The van der Waals surface area contributed by atoms with E-state index in [1.807, 2.05) is 36.4 Å². The average molecular weight is 232 g/mol. The fraction of sp³-hybridized carbons (Fsp3) is 0.214. The fourth-order valence-electron chi connectivity index (χ4n) is 1.21. The van der Waals surface area contributed by atoms with Crippen LogP contribution in [0.2, 0.25) is 0 Å². The summed E-state index contributed by atoms with van der Waals surface area (Å²) in [6.07, 6.45) is 5.45. The molecule has 0 heterocycles. The molecule has 1 rings (SSSR count). The molecule has 0 saturated heterocycles. The van der Waals surface area contributed by atoms with Gasteiger partial charge in [0, 0.05) is 0 Å². The molecule has 0 aliphatic carbocycles. The third-order valence-electron chi connectivity index (χ3n) is 2.02. The first-order valence-corrected chi connectivity index (χ1v) is 5.48. The van der Waals surface area contributed by atoms with E-state index in [-0.39, 0.29) is 6.61 Å². The Kier molecular flexibility index (Phi) is 5.75. The third-order valence-corrected chi connectivity index (χ3v) is 2.02. The standard InChI is InChI=1S/C14H16O3/c1-2-17-14(16)13(15)11-7-6-10-12-8-4-3-5-9-12/h3-11,13,15H,2H2,1H3/b10-6+,11-7+/t13-/m1/s1. The lowest BCUT2D eigenvalue weighted by atomic mass is 10.2. The van der Waals surface area contributed by atoms with Crippen LogP contribution in [0.1, 0.15) is 12.5 Å². The van der Waals surface area contributed by atoms with E-state index < -0.39 is 12.1 Å². The first-order chi connectivity index (χ1) is 8.24. The summed E-state index contributed by atoms with van der Waals surface area (Å²) < 4.78 is 4.65. The van der Waals surface area contributed by atoms with Gasteiger partial charge in [0.25, 0.3) is 0 Å². The van der Waals surface area contributed by atoms with Crippen LogP contribution in [0.3, 0.4) is 0 Å². The predicted molar refractivity (Wildman–Crippen MR) is 67.3 cm³/mol. The van der Waals surface area contributed by atoms with Crippen LogP contribution >= 0.6 is 0 Å². The first kappa shape index (κ1) is 13.2. The lowest BCUT2D eigenvalue weighted by molar-refractivity contribution is -0.150. The van der Waals surface area contributed by atoms with E-state index in [2.05, 4.69) is 4.74 Å². The number of hydrogen-bond donors (Lipinski definition) is 1. The van der Waals surface area contributed by atoms with Crippen molar-refractivity contribution in [3.63, 3.8) is 0 Å². The number of aliphatic hydroxyl groups excluding tert-OH is 1. The number of hydrogen-bond acceptors (Lipinski definition) is 3.